The maximum atomic E-state index is 13.1. The lowest BCUT2D eigenvalue weighted by atomic mass is 9.88. The van der Waals surface area contributed by atoms with Gasteiger partial charge in [-0.15, -0.1) is 0 Å². The van der Waals surface area contributed by atoms with Crippen LogP contribution in [0.3, 0.4) is 0 Å². The molecule has 1 aliphatic rings. The predicted molar refractivity (Wildman–Crippen MR) is 111 cm³/mol. The maximum absolute atomic E-state index is 13.1. The summed E-state index contributed by atoms with van der Waals surface area (Å²) in [5.41, 5.74) is 1.56. The molecule has 6 nitrogen and oxygen atoms in total. The van der Waals surface area contributed by atoms with Crippen molar-refractivity contribution in [1.82, 2.24) is 10.2 Å². The van der Waals surface area contributed by atoms with Gasteiger partial charge in [0.1, 0.15) is 11.5 Å². The van der Waals surface area contributed by atoms with E-state index in [1.54, 1.807) is 43.4 Å². The van der Waals surface area contributed by atoms with Crippen LogP contribution in [0, 0.1) is 5.92 Å². The van der Waals surface area contributed by atoms with E-state index in [-0.39, 0.29) is 23.7 Å². The summed E-state index contributed by atoms with van der Waals surface area (Å²) in [6.45, 7) is 3.51. The number of nitrogens with one attached hydrogen (secondary N) is 1. The molecule has 0 aromatic heterocycles. The Bertz CT molecular complexity index is 867. The van der Waals surface area contributed by atoms with Crippen LogP contribution < -0.4 is 14.8 Å². The fourth-order valence-corrected chi connectivity index (χ4v) is 3.76. The average Bonchev–Trinajstić information content (AvgIpc) is 3.22. The molecule has 2 atom stereocenters. The van der Waals surface area contributed by atoms with Crippen molar-refractivity contribution >= 4 is 11.8 Å². The van der Waals surface area contributed by atoms with Gasteiger partial charge in [-0.05, 0) is 42.3 Å². The maximum Gasteiger partial charge on any atom is 0.254 e. The standard InChI is InChI=1S/C23H28N2O4/c1-4-11-24-22(26)21-15-25(23(27)17-8-6-10-19(13-17)29-3)14-20(21)16-7-5-9-18(12-16)28-2/h5-10,12-13,20-21H,4,11,14-15H2,1-3H3,(H,24,26). The van der Waals surface area contributed by atoms with E-state index in [0.717, 1.165) is 17.7 Å². The Balaban J connectivity index is 1.87. The van der Waals surface area contributed by atoms with Gasteiger partial charge in [0.2, 0.25) is 5.91 Å². The number of carbonyl (C=O) groups excluding carboxylic acids is 2. The topological polar surface area (TPSA) is 67.9 Å². The number of nitrogens with zero attached hydrogens (tertiary/aromatic N) is 1. The molecule has 6 heteroatoms. The molecule has 3 rings (SSSR count). The highest BCUT2D eigenvalue weighted by Gasteiger charge is 2.40. The van der Waals surface area contributed by atoms with Crippen molar-refractivity contribution in [3.05, 3.63) is 59.7 Å². The lowest BCUT2D eigenvalue weighted by Crippen LogP contribution is -2.36. The number of likely N-dealkylation sites (tertiary alicyclic amines) is 1. The van der Waals surface area contributed by atoms with Gasteiger partial charge in [-0.1, -0.05) is 25.1 Å². The average molecular weight is 396 g/mol. The molecule has 1 fully saturated rings. The molecule has 0 saturated carbocycles. The highest BCUT2D eigenvalue weighted by atomic mass is 16.5. The molecule has 0 bridgehead atoms. The van der Waals surface area contributed by atoms with Crippen LogP contribution in [0.25, 0.3) is 0 Å². The molecule has 1 saturated heterocycles. The van der Waals surface area contributed by atoms with Crippen LogP contribution in [0.5, 0.6) is 11.5 Å². The monoisotopic (exact) mass is 396 g/mol. The van der Waals surface area contributed by atoms with Gasteiger partial charge < -0.3 is 19.7 Å². The zero-order chi connectivity index (χ0) is 20.8. The van der Waals surface area contributed by atoms with E-state index in [1.807, 2.05) is 31.2 Å². The van der Waals surface area contributed by atoms with Gasteiger partial charge in [0.05, 0.1) is 20.1 Å². The number of hydrogen-bond donors (Lipinski definition) is 1. The largest absolute Gasteiger partial charge is 0.497 e. The number of carbonyl (C=O) groups is 2. The molecule has 154 valence electrons. The minimum absolute atomic E-state index is 0.0133. The summed E-state index contributed by atoms with van der Waals surface area (Å²) in [5, 5.41) is 2.99. The number of rotatable bonds is 7. The Hall–Kier alpha value is -3.02. The van der Waals surface area contributed by atoms with Crippen molar-refractivity contribution in [2.45, 2.75) is 19.3 Å². The van der Waals surface area contributed by atoms with Gasteiger partial charge in [0, 0.05) is 31.1 Å². The minimum Gasteiger partial charge on any atom is -0.497 e. The normalized spacial score (nSPS) is 18.4. The van der Waals surface area contributed by atoms with E-state index in [0.29, 0.717) is 30.9 Å². The van der Waals surface area contributed by atoms with Gasteiger partial charge in [-0.3, -0.25) is 9.59 Å². The zero-order valence-corrected chi connectivity index (χ0v) is 17.2. The number of hydrogen-bond acceptors (Lipinski definition) is 4. The molecular formula is C23H28N2O4. The Morgan fingerprint density at radius 3 is 2.41 bits per heavy atom. The van der Waals surface area contributed by atoms with Crippen molar-refractivity contribution in [3.63, 3.8) is 0 Å². The van der Waals surface area contributed by atoms with E-state index >= 15 is 0 Å². The van der Waals surface area contributed by atoms with Crippen LogP contribution in [0.2, 0.25) is 0 Å². The second kappa shape index (κ2) is 9.45. The van der Waals surface area contributed by atoms with Crippen LogP contribution >= 0.6 is 0 Å². The number of methoxy groups -OCH3 is 2. The molecule has 0 radical (unpaired) electrons. The fourth-order valence-electron chi connectivity index (χ4n) is 3.76. The zero-order valence-electron chi connectivity index (χ0n) is 17.2. The van der Waals surface area contributed by atoms with Gasteiger partial charge in [-0.25, -0.2) is 0 Å². The highest BCUT2D eigenvalue weighted by Crippen LogP contribution is 2.35. The second-order valence-corrected chi connectivity index (χ2v) is 7.22. The molecule has 1 heterocycles. The molecule has 0 aliphatic carbocycles. The third-order valence-electron chi connectivity index (χ3n) is 5.33. The van der Waals surface area contributed by atoms with Crippen molar-refractivity contribution < 1.29 is 19.1 Å². The SMILES string of the molecule is CCCNC(=O)C1CN(C(=O)c2cccc(OC)c2)CC1c1cccc(OC)c1. The molecule has 1 N–H and O–H groups in total. The summed E-state index contributed by atoms with van der Waals surface area (Å²) in [6.07, 6.45) is 0.870. The van der Waals surface area contributed by atoms with E-state index in [1.165, 1.54) is 0 Å². The second-order valence-electron chi connectivity index (χ2n) is 7.22. The number of benzene rings is 2. The summed E-state index contributed by atoms with van der Waals surface area (Å²) in [4.78, 5) is 27.7. The summed E-state index contributed by atoms with van der Waals surface area (Å²) in [7, 11) is 3.20. The van der Waals surface area contributed by atoms with Gasteiger partial charge in [0.25, 0.3) is 5.91 Å². The molecule has 2 aromatic carbocycles. The van der Waals surface area contributed by atoms with Crippen molar-refractivity contribution in [2.75, 3.05) is 33.9 Å². The number of ether oxygens (including phenoxy) is 2. The van der Waals surface area contributed by atoms with E-state index in [9.17, 15) is 9.59 Å². The number of amides is 2. The first-order chi connectivity index (χ1) is 14.1. The summed E-state index contributed by atoms with van der Waals surface area (Å²) in [6, 6.07) is 14.8. The van der Waals surface area contributed by atoms with E-state index < -0.39 is 0 Å². The van der Waals surface area contributed by atoms with Crippen LogP contribution in [0.1, 0.15) is 35.2 Å². The molecule has 2 unspecified atom stereocenters. The quantitative estimate of drug-likeness (QED) is 0.781. The first-order valence-electron chi connectivity index (χ1n) is 9.92. The van der Waals surface area contributed by atoms with Gasteiger partial charge in [-0.2, -0.15) is 0 Å². The molecule has 1 aliphatic heterocycles. The lowest BCUT2D eigenvalue weighted by molar-refractivity contribution is -0.124. The smallest absolute Gasteiger partial charge is 0.254 e. The molecule has 29 heavy (non-hydrogen) atoms. The fraction of sp³-hybridized carbons (Fsp3) is 0.391. The Labute approximate surface area is 171 Å². The Morgan fingerprint density at radius 2 is 1.72 bits per heavy atom. The Morgan fingerprint density at radius 1 is 1.03 bits per heavy atom. The highest BCUT2D eigenvalue weighted by molar-refractivity contribution is 5.95. The van der Waals surface area contributed by atoms with Crippen LogP contribution in [-0.4, -0.2) is 50.6 Å². The molecule has 2 amide bonds. The minimum atomic E-state index is -0.303. The van der Waals surface area contributed by atoms with Crippen molar-refractivity contribution in [2.24, 2.45) is 5.92 Å². The van der Waals surface area contributed by atoms with Crippen LogP contribution in [0.15, 0.2) is 48.5 Å². The summed E-state index contributed by atoms with van der Waals surface area (Å²) < 4.78 is 10.6. The summed E-state index contributed by atoms with van der Waals surface area (Å²) in [5.74, 6) is 0.882. The third-order valence-corrected chi connectivity index (χ3v) is 5.33. The molecule has 0 spiro atoms. The van der Waals surface area contributed by atoms with E-state index in [2.05, 4.69) is 5.32 Å². The van der Waals surface area contributed by atoms with Crippen LogP contribution in [-0.2, 0) is 4.79 Å². The molecule has 2 aromatic rings. The first kappa shape index (κ1) is 20.7. The predicted octanol–water partition coefficient (Wildman–Crippen LogP) is 3.09. The first-order valence-corrected chi connectivity index (χ1v) is 9.92. The van der Waals surface area contributed by atoms with Gasteiger partial charge >= 0.3 is 0 Å². The summed E-state index contributed by atoms with van der Waals surface area (Å²) >= 11 is 0. The third kappa shape index (κ3) is 4.70. The Kier molecular flexibility index (Phi) is 6.75. The molecular weight excluding hydrogens is 368 g/mol. The van der Waals surface area contributed by atoms with Crippen molar-refractivity contribution in [3.8, 4) is 11.5 Å². The van der Waals surface area contributed by atoms with E-state index in [4.69, 9.17) is 9.47 Å². The lowest BCUT2D eigenvalue weighted by Gasteiger charge is -2.18. The van der Waals surface area contributed by atoms with Gasteiger partial charge in [0.15, 0.2) is 0 Å². The van der Waals surface area contributed by atoms with Crippen molar-refractivity contribution in [1.29, 1.82) is 0 Å². The van der Waals surface area contributed by atoms with Crippen LogP contribution in [0.4, 0.5) is 0 Å².